The first-order chi connectivity index (χ1) is 10.2. The van der Waals surface area contributed by atoms with Gasteiger partial charge in [0, 0.05) is 45.7 Å². The van der Waals surface area contributed by atoms with E-state index in [4.69, 9.17) is 0 Å². The van der Waals surface area contributed by atoms with Crippen molar-refractivity contribution in [3.05, 3.63) is 35.4 Å². The van der Waals surface area contributed by atoms with Crippen LogP contribution in [0.4, 0.5) is 8.78 Å². The molecule has 7 heteroatoms. The molecule has 0 radical (unpaired) electrons. The summed E-state index contributed by atoms with van der Waals surface area (Å²) in [6.45, 7) is 5.35. The van der Waals surface area contributed by atoms with Gasteiger partial charge in [0.2, 0.25) is 5.91 Å². The van der Waals surface area contributed by atoms with Crippen LogP contribution in [-0.4, -0.2) is 50.1 Å². The highest BCUT2D eigenvalue weighted by molar-refractivity contribution is 5.85. The molecule has 1 aromatic rings. The summed E-state index contributed by atoms with van der Waals surface area (Å²) in [5.41, 5.74) is 0.243. The molecule has 2 rings (SSSR count). The molecule has 0 aromatic heterocycles. The maximum atomic E-state index is 13.4. The number of nitrogens with one attached hydrogen (secondary N) is 2. The number of hydrogen-bond donors (Lipinski definition) is 2. The van der Waals surface area contributed by atoms with Crippen molar-refractivity contribution in [1.82, 2.24) is 15.5 Å². The number of aryl methyl sites for hydroxylation is 1. The van der Waals surface area contributed by atoms with Gasteiger partial charge < -0.3 is 10.6 Å². The Morgan fingerprint density at radius 1 is 1.27 bits per heavy atom. The fraction of sp³-hybridized carbons (Fsp3) is 0.533. The maximum absolute atomic E-state index is 13.4. The van der Waals surface area contributed by atoms with E-state index in [2.05, 4.69) is 15.5 Å². The van der Waals surface area contributed by atoms with Gasteiger partial charge in [-0.05, 0) is 18.1 Å². The van der Waals surface area contributed by atoms with E-state index < -0.39 is 11.6 Å². The van der Waals surface area contributed by atoms with E-state index in [1.807, 2.05) is 0 Å². The SMILES string of the molecule is Cl.O=C(CCc1cccc(F)c1F)NCCN1CCNCC1. The minimum atomic E-state index is -0.869. The van der Waals surface area contributed by atoms with Gasteiger partial charge in [-0.2, -0.15) is 0 Å². The predicted molar refractivity (Wildman–Crippen MR) is 84.2 cm³/mol. The Morgan fingerprint density at radius 2 is 2.00 bits per heavy atom. The Labute approximate surface area is 135 Å². The van der Waals surface area contributed by atoms with Crippen molar-refractivity contribution in [3.63, 3.8) is 0 Å². The van der Waals surface area contributed by atoms with Crippen molar-refractivity contribution < 1.29 is 13.6 Å². The lowest BCUT2D eigenvalue weighted by Gasteiger charge is -2.27. The molecule has 0 spiro atoms. The molecule has 1 aromatic carbocycles. The summed E-state index contributed by atoms with van der Waals surface area (Å²) >= 11 is 0. The largest absolute Gasteiger partial charge is 0.355 e. The average molecular weight is 334 g/mol. The molecule has 4 nitrogen and oxygen atoms in total. The van der Waals surface area contributed by atoms with E-state index in [1.54, 1.807) is 0 Å². The summed E-state index contributed by atoms with van der Waals surface area (Å²) in [6, 6.07) is 4.04. The first kappa shape index (κ1) is 18.8. The molecule has 1 amide bonds. The highest BCUT2D eigenvalue weighted by Gasteiger charge is 2.11. The molecule has 124 valence electrons. The summed E-state index contributed by atoms with van der Waals surface area (Å²) in [5.74, 6) is -1.86. The summed E-state index contributed by atoms with van der Waals surface area (Å²) < 4.78 is 26.5. The second kappa shape index (κ2) is 9.71. The van der Waals surface area contributed by atoms with Crippen LogP contribution in [0.3, 0.4) is 0 Å². The number of benzene rings is 1. The first-order valence-electron chi connectivity index (χ1n) is 7.29. The van der Waals surface area contributed by atoms with Crippen molar-refractivity contribution in [3.8, 4) is 0 Å². The van der Waals surface area contributed by atoms with Crippen molar-refractivity contribution in [2.24, 2.45) is 0 Å². The number of piperazine rings is 1. The summed E-state index contributed by atoms with van der Waals surface area (Å²) in [5, 5.41) is 6.08. The monoisotopic (exact) mass is 333 g/mol. The van der Waals surface area contributed by atoms with Crippen LogP contribution in [0.2, 0.25) is 0 Å². The number of nitrogens with zero attached hydrogens (tertiary/aromatic N) is 1. The third-order valence-corrected chi connectivity index (χ3v) is 3.61. The third kappa shape index (κ3) is 5.87. The van der Waals surface area contributed by atoms with E-state index in [1.165, 1.54) is 12.1 Å². The van der Waals surface area contributed by atoms with Gasteiger partial charge in [-0.1, -0.05) is 12.1 Å². The second-order valence-corrected chi connectivity index (χ2v) is 5.15. The highest BCUT2D eigenvalue weighted by Crippen LogP contribution is 2.12. The summed E-state index contributed by atoms with van der Waals surface area (Å²) in [6.07, 6.45) is 0.380. The van der Waals surface area contributed by atoms with E-state index in [-0.39, 0.29) is 36.7 Å². The van der Waals surface area contributed by atoms with E-state index >= 15 is 0 Å². The number of carbonyl (C=O) groups is 1. The van der Waals surface area contributed by atoms with Crippen LogP contribution in [0.5, 0.6) is 0 Å². The molecule has 22 heavy (non-hydrogen) atoms. The van der Waals surface area contributed by atoms with Gasteiger partial charge in [-0.15, -0.1) is 12.4 Å². The van der Waals surface area contributed by atoms with Gasteiger partial charge in [0.05, 0.1) is 0 Å². The van der Waals surface area contributed by atoms with Crippen LogP contribution < -0.4 is 10.6 Å². The maximum Gasteiger partial charge on any atom is 0.220 e. The molecule has 1 heterocycles. The van der Waals surface area contributed by atoms with Gasteiger partial charge in [0.25, 0.3) is 0 Å². The van der Waals surface area contributed by atoms with Crippen LogP contribution in [0, 0.1) is 11.6 Å². The van der Waals surface area contributed by atoms with Crippen LogP contribution in [0.25, 0.3) is 0 Å². The molecule has 2 N–H and O–H groups in total. The van der Waals surface area contributed by atoms with Gasteiger partial charge in [0.1, 0.15) is 0 Å². The van der Waals surface area contributed by atoms with Gasteiger partial charge in [0.15, 0.2) is 11.6 Å². The lowest BCUT2D eigenvalue weighted by atomic mass is 10.1. The Hall–Kier alpha value is -1.24. The van der Waals surface area contributed by atoms with Crippen molar-refractivity contribution in [1.29, 1.82) is 0 Å². The Morgan fingerprint density at radius 3 is 2.73 bits per heavy atom. The van der Waals surface area contributed by atoms with Gasteiger partial charge >= 0.3 is 0 Å². The van der Waals surface area contributed by atoms with Crippen LogP contribution in [0.1, 0.15) is 12.0 Å². The highest BCUT2D eigenvalue weighted by atomic mass is 35.5. The number of carbonyl (C=O) groups excluding carboxylic acids is 1. The number of halogens is 3. The van der Waals surface area contributed by atoms with Gasteiger partial charge in [-0.25, -0.2) is 8.78 Å². The number of amides is 1. The molecule has 0 aliphatic carbocycles. The predicted octanol–water partition coefficient (Wildman–Crippen LogP) is 1.34. The van der Waals surface area contributed by atoms with Gasteiger partial charge in [-0.3, -0.25) is 9.69 Å². The molecular formula is C15H22ClF2N3O. The quantitative estimate of drug-likeness (QED) is 0.826. The van der Waals surface area contributed by atoms with Crippen LogP contribution >= 0.6 is 12.4 Å². The zero-order valence-corrected chi connectivity index (χ0v) is 13.2. The van der Waals surface area contributed by atoms with E-state index in [0.29, 0.717) is 6.54 Å². The standard InChI is InChI=1S/C15H21F2N3O.ClH/c16-13-3-1-2-12(15(13)17)4-5-14(21)19-8-11-20-9-6-18-7-10-20;/h1-3,18H,4-11H2,(H,19,21);1H. The molecular weight excluding hydrogens is 312 g/mol. The number of hydrogen-bond acceptors (Lipinski definition) is 3. The van der Waals surface area contributed by atoms with E-state index in [0.717, 1.165) is 38.8 Å². The van der Waals surface area contributed by atoms with E-state index in [9.17, 15) is 13.6 Å². The summed E-state index contributed by atoms with van der Waals surface area (Å²) in [7, 11) is 0. The lowest BCUT2D eigenvalue weighted by Crippen LogP contribution is -2.46. The Bertz CT molecular complexity index is 482. The molecule has 1 fully saturated rings. The zero-order chi connectivity index (χ0) is 15.1. The smallest absolute Gasteiger partial charge is 0.220 e. The van der Waals surface area contributed by atoms with Crippen molar-refractivity contribution in [2.45, 2.75) is 12.8 Å². The molecule has 1 aliphatic rings. The average Bonchev–Trinajstić information content (AvgIpc) is 2.50. The normalized spacial score (nSPS) is 15.2. The van der Waals surface area contributed by atoms with Crippen molar-refractivity contribution >= 4 is 18.3 Å². The van der Waals surface area contributed by atoms with Crippen LogP contribution in [-0.2, 0) is 11.2 Å². The minimum Gasteiger partial charge on any atom is -0.355 e. The van der Waals surface area contributed by atoms with Crippen LogP contribution in [0.15, 0.2) is 18.2 Å². The molecule has 0 atom stereocenters. The fourth-order valence-electron chi connectivity index (χ4n) is 2.37. The fourth-order valence-corrected chi connectivity index (χ4v) is 2.37. The molecule has 0 bridgehead atoms. The second-order valence-electron chi connectivity index (χ2n) is 5.15. The molecule has 1 aliphatic heterocycles. The Kier molecular flexibility index (Phi) is 8.30. The number of rotatable bonds is 6. The Balaban J connectivity index is 0.00000242. The summed E-state index contributed by atoms with van der Waals surface area (Å²) in [4.78, 5) is 14.0. The topological polar surface area (TPSA) is 44.4 Å². The minimum absolute atomic E-state index is 0. The third-order valence-electron chi connectivity index (χ3n) is 3.61. The first-order valence-corrected chi connectivity index (χ1v) is 7.29. The lowest BCUT2D eigenvalue weighted by molar-refractivity contribution is -0.121. The zero-order valence-electron chi connectivity index (χ0n) is 12.4. The molecule has 1 saturated heterocycles. The molecule has 0 unspecified atom stereocenters. The van der Waals surface area contributed by atoms with Crippen molar-refractivity contribution in [2.75, 3.05) is 39.3 Å². The molecule has 0 saturated carbocycles.